The average molecular weight is 158 g/mol. The Morgan fingerprint density at radius 1 is 1.73 bits per heavy atom. The van der Waals surface area contributed by atoms with E-state index in [1.807, 2.05) is 0 Å². The average Bonchev–Trinajstić information content (AvgIpc) is 2.50. The van der Waals surface area contributed by atoms with Crippen molar-refractivity contribution in [1.29, 1.82) is 0 Å². The standard InChI is InChI=1S/C6H10N2O3/c1-11-6(9)5-3-2-4-8(5)7-10/h5H,2-4H2,1H3. The van der Waals surface area contributed by atoms with E-state index in [4.69, 9.17) is 0 Å². The lowest BCUT2D eigenvalue weighted by molar-refractivity contribution is -0.145. The summed E-state index contributed by atoms with van der Waals surface area (Å²) in [6, 6.07) is -0.447. The third-order valence-corrected chi connectivity index (χ3v) is 1.80. The first kappa shape index (κ1) is 7.97. The van der Waals surface area contributed by atoms with Gasteiger partial charge in [0.2, 0.25) is 0 Å². The number of rotatable bonds is 2. The molecule has 0 spiro atoms. The van der Waals surface area contributed by atoms with Gasteiger partial charge in [-0.1, -0.05) is 0 Å². The molecule has 0 bridgehead atoms. The molecular formula is C6H10N2O3. The molecule has 0 saturated carbocycles. The third-order valence-electron chi connectivity index (χ3n) is 1.80. The zero-order valence-corrected chi connectivity index (χ0v) is 6.32. The first-order valence-corrected chi connectivity index (χ1v) is 3.47. The lowest BCUT2D eigenvalue weighted by Gasteiger charge is -2.14. The van der Waals surface area contributed by atoms with E-state index < -0.39 is 6.04 Å². The van der Waals surface area contributed by atoms with Crippen LogP contribution in [0.25, 0.3) is 0 Å². The Morgan fingerprint density at radius 3 is 3.00 bits per heavy atom. The predicted octanol–water partition coefficient (Wildman–Crippen LogP) is 0.305. The van der Waals surface area contributed by atoms with E-state index in [-0.39, 0.29) is 5.97 Å². The van der Waals surface area contributed by atoms with Crippen LogP contribution in [0.3, 0.4) is 0 Å². The highest BCUT2D eigenvalue weighted by molar-refractivity contribution is 5.75. The van der Waals surface area contributed by atoms with Crippen molar-refractivity contribution in [2.24, 2.45) is 5.29 Å². The van der Waals surface area contributed by atoms with Crippen molar-refractivity contribution < 1.29 is 9.53 Å². The molecule has 1 saturated heterocycles. The van der Waals surface area contributed by atoms with Crippen molar-refractivity contribution in [2.75, 3.05) is 13.7 Å². The molecule has 5 heteroatoms. The molecule has 0 amide bonds. The number of carbonyl (C=O) groups is 1. The van der Waals surface area contributed by atoms with Crippen molar-refractivity contribution in [2.45, 2.75) is 18.9 Å². The number of hydrogen-bond acceptors (Lipinski definition) is 4. The van der Waals surface area contributed by atoms with E-state index in [0.717, 1.165) is 6.42 Å². The van der Waals surface area contributed by atoms with Gasteiger partial charge in [-0.05, 0) is 12.8 Å². The lowest BCUT2D eigenvalue weighted by atomic mass is 10.2. The minimum Gasteiger partial charge on any atom is -0.467 e. The van der Waals surface area contributed by atoms with Crippen LogP contribution in [-0.4, -0.2) is 30.7 Å². The molecule has 1 atom stereocenters. The van der Waals surface area contributed by atoms with Crippen LogP contribution in [0.2, 0.25) is 0 Å². The highest BCUT2D eigenvalue weighted by Crippen LogP contribution is 2.17. The van der Waals surface area contributed by atoms with Gasteiger partial charge in [-0.15, -0.1) is 4.91 Å². The zero-order valence-electron chi connectivity index (χ0n) is 6.32. The third kappa shape index (κ3) is 1.47. The summed E-state index contributed by atoms with van der Waals surface area (Å²) >= 11 is 0. The molecule has 0 aromatic rings. The maximum absolute atomic E-state index is 10.9. The molecular weight excluding hydrogens is 148 g/mol. The Bertz CT molecular complexity index is 171. The second-order valence-corrected chi connectivity index (χ2v) is 2.43. The molecule has 1 rings (SSSR count). The van der Waals surface area contributed by atoms with E-state index in [0.29, 0.717) is 13.0 Å². The molecule has 1 aliphatic rings. The van der Waals surface area contributed by atoms with Gasteiger partial charge >= 0.3 is 5.97 Å². The smallest absolute Gasteiger partial charge is 0.330 e. The SMILES string of the molecule is COC(=O)C1CCCN1N=O. The largest absolute Gasteiger partial charge is 0.467 e. The summed E-state index contributed by atoms with van der Waals surface area (Å²) in [5, 5.41) is 3.95. The van der Waals surface area contributed by atoms with Gasteiger partial charge in [-0.25, -0.2) is 9.80 Å². The van der Waals surface area contributed by atoms with Crippen molar-refractivity contribution in [3.8, 4) is 0 Å². The van der Waals surface area contributed by atoms with Crippen molar-refractivity contribution in [1.82, 2.24) is 5.01 Å². The Morgan fingerprint density at radius 2 is 2.45 bits per heavy atom. The predicted molar refractivity (Wildman–Crippen MR) is 37.5 cm³/mol. The Labute approximate surface area is 64.3 Å². The fourth-order valence-electron chi connectivity index (χ4n) is 1.22. The maximum atomic E-state index is 10.9. The fraction of sp³-hybridized carbons (Fsp3) is 0.833. The molecule has 1 unspecified atom stereocenters. The lowest BCUT2D eigenvalue weighted by Crippen LogP contribution is -2.32. The first-order chi connectivity index (χ1) is 5.29. The quantitative estimate of drug-likeness (QED) is 0.428. The molecule has 1 heterocycles. The van der Waals surface area contributed by atoms with Gasteiger partial charge in [0.1, 0.15) is 6.04 Å². The van der Waals surface area contributed by atoms with Crippen LogP contribution in [0.4, 0.5) is 0 Å². The van der Waals surface area contributed by atoms with Gasteiger partial charge < -0.3 is 4.74 Å². The van der Waals surface area contributed by atoms with E-state index in [1.165, 1.54) is 12.1 Å². The van der Waals surface area contributed by atoms with E-state index in [2.05, 4.69) is 10.0 Å². The van der Waals surface area contributed by atoms with Crippen LogP contribution < -0.4 is 0 Å². The fourth-order valence-corrected chi connectivity index (χ4v) is 1.22. The van der Waals surface area contributed by atoms with Gasteiger partial charge in [-0.3, -0.25) is 0 Å². The normalized spacial score (nSPS) is 23.4. The van der Waals surface area contributed by atoms with Gasteiger partial charge in [0.15, 0.2) is 0 Å². The Balaban J connectivity index is 2.56. The van der Waals surface area contributed by atoms with Crippen LogP contribution in [-0.2, 0) is 9.53 Å². The first-order valence-electron chi connectivity index (χ1n) is 3.47. The summed E-state index contributed by atoms with van der Waals surface area (Å²) < 4.78 is 4.49. The van der Waals surface area contributed by atoms with E-state index >= 15 is 0 Å². The zero-order chi connectivity index (χ0) is 8.27. The van der Waals surface area contributed by atoms with Gasteiger partial charge in [0, 0.05) is 6.54 Å². The summed E-state index contributed by atoms with van der Waals surface area (Å²) in [4.78, 5) is 21.0. The number of nitrogens with zero attached hydrogens (tertiary/aromatic N) is 2. The second-order valence-electron chi connectivity index (χ2n) is 2.43. The van der Waals surface area contributed by atoms with Crippen LogP contribution in [0.5, 0.6) is 0 Å². The monoisotopic (exact) mass is 158 g/mol. The van der Waals surface area contributed by atoms with Gasteiger partial charge in [-0.2, -0.15) is 0 Å². The van der Waals surface area contributed by atoms with Crippen LogP contribution in [0, 0.1) is 4.91 Å². The van der Waals surface area contributed by atoms with E-state index in [1.54, 1.807) is 0 Å². The number of ether oxygens (including phenoxy) is 1. The Hall–Kier alpha value is -1.13. The van der Waals surface area contributed by atoms with E-state index in [9.17, 15) is 9.70 Å². The van der Waals surface area contributed by atoms with Gasteiger partial charge in [0.25, 0.3) is 0 Å². The molecule has 0 N–H and O–H groups in total. The molecule has 1 aliphatic heterocycles. The molecule has 11 heavy (non-hydrogen) atoms. The van der Waals surface area contributed by atoms with Gasteiger partial charge in [0.05, 0.1) is 12.4 Å². The molecule has 0 aromatic heterocycles. The molecule has 0 aliphatic carbocycles. The number of nitroso groups, excluding NO2 is 1. The maximum Gasteiger partial charge on any atom is 0.330 e. The van der Waals surface area contributed by atoms with Crippen LogP contribution >= 0.6 is 0 Å². The summed E-state index contributed by atoms with van der Waals surface area (Å²) in [6.45, 7) is 0.559. The molecule has 1 fully saturated rings. The molecule has 0 aromatic carbocycles. The highest BCUT2D eigenvalue weighted by Gasteiger charge is 2.31. The Kier molecular flexibility index (Phi) is 2.40. The van der Waals surface area contributed by atoms with Crippen LogP contribution in [0.1, 0.15) is 12.8 Å². The summed E-state index contributed by atoms with van der Waals surface area (Å²) in [6.07, 6.45) is 1.49. The number of esters is 1. The summed E-state index contributed by atoms with van der Waals surface area (Å²) in [5.41, 5.74) is 0. The van der Waals surface area contributed by atoms with Crippen molar-refractivity contribution in [3.05, 3.63) is 4.91 Å². The number of methoxy groups -OCH3 is 1. The van der Waals surface area contributed by atoms with Crippen molar-refractivity contribution in [3.63, 3.8) is 0 Å². The molecule has 0 radical (unpaired) electrons. The van der Waals surface area contributed by atoms with Crippen LogP contribution in [0.15, 0.2) is 5.29 Å². The minimum absolute atomic E-state index is 0.373. The minimum atomic E-state index is -0.447. The second kappa shape index (κ2) is 3.32. The number of carbonyl (C=O) groups excluding carboxylic acids is 1. The molecule has 62 valence electrons. The summed E-state index contributed by atoms with van der Waals surface area (Å²) in [7, 11) is 1.31. The summed E-state index contributed by atoms with van der Waals surface area (Å²) in [5.74, 6) is -0.373. The molecule has 5 nitrogen and oxygen atoms in total. The topological polar surface area (TPSA) is 59.0 Å². The van der Waals surface area contributed by atoms with Crippen molar-refractivity contribution >= 4 is 5.97 Å². The number of hydrogen-bond donors (Lipinski definition) is 0. The highest BCUT2D eigenvalue weighted by atomic mass is 16.5.